The minimum absolute atomic E-state index is 0.156. The van der Waals surface area contributed by atoms with E-state index in [-0.39, 0.29) is 5.75 Å². The Bertz CT molecular complexity index is 694. The maximum atomic E-state index is 11.9. The number of nitrogens with one attached hydrogen (secondary N) is 1. The van der Waals surface area contributed by atoms with E-state index in [1.165, 1.54) is 37.6 Å². The lowest BCUT2D eigenvalue weighted by Gasteiger charge is -2.09. The number of esters is 1. The topological polar surface area (TPSA) is 90.3 Å². The van der Waals surface area contributed by atoms with Gasteiger partial charge in [0, 0.05) is 25.4 Å². The number of pyridine rings is 2. The average Bonchev–Trinajstić information content (AvgIpc) is 2.43. The normalized spacial score (nSPS) is 9.85. The van der Waals surface area contributed by atoms with Crippen molar-refractivity contribution in [2.75, 3.05) is 5.43 Å². The highest BCUT2D eigenvalue weighted by molar-refractivity contribution is 5.99. The molecule has 2 aromatic heterocycles. The summed E-state index contributed by atoms with van der Waals surface area (Å²) in [6, 6.07) is 5.69. The number of rotatable bonds is 3. The van der Waals surface area contributed by atoms with Gasteiger partial charge in [0.1, 0.15) is 5.75 Å². The van der Waals surface area contributed by atoms with Crippen molar-refractivity contribution in [3.8, 4) is 5.75 Å². The first-order valence-corrected chi connectivity index (χ1v) is 5.69. The van der Waals surface area contributed by atoms with E-state index in [1.54, 1.807) is 12.1 Å². The molecule has 2 heterocycles. The summed E-state index contributed by atoms with van der Waals surface area (Å²) in [4.78, 5) is 38.2. The van der Waals surface area contributed by atoms with Gasteiger partial charge in [-0.3, -0.25) is 24.8 Å². The van der Waals surface area contributed by atoms with Gasteiger partial charge in [0.15, 0.2) is 0 Å². The molecule has 0 bridgehead atoms. The Hall–Kier alpha value is -2.96. The first-order chi connectivity index (χ1) is 9.56. The van der Waals surface area contributed by atoms with E-state index in [2.05, 4.69) is 10.4 Å². The lowest BCUT2D eigenvalue weighted by molar-refractivity contribution is -0.131. The third kappa shape index (κ3) is 3.29. The van der Waals surface area contributed by atoms with Gasteiger partial charge in [-0.25, -0.2) is 4.68 Å². The summed E-state index contributed by atoms with van der Waals surface area (Å²) >= 11 is 0. The SMILES string of the molecule is CC(=O)Oc1ccc(=O)n(NC(=O)c2cccnc2)c1. The predicted octanol–water partition coefficient (Wildman–Crippen LogP) is 0.552. The van der Waals surface area contributed by atoms with Crippen molar-refractivity contribution in [3.63, 3.8) is 0 Å². The van der Waals surface area contributed by atoms with Crippen LogP contribution in [-0.2, 0) is 4.79 Å². The molecule has 1 amide bonds. The van der Waals surface area contributed by atoms with Gasteiger partial charge in [-0.15, -0.1) is 0 Å². The minimum atomic E-state index is -0.520. The molecule has 0 saturated heterocycles. The zero-order valence-corrected chi connectivity index (χ0v) is 10.6. The Morgan fingerprint density at radius 3 is 2.75 bits per heavy atom. The summed E-state index contributed by atoms with van der Waals surface area (Å²) in [5.41, 5.74) is 2.22. The average molecular weight is 273 g/mol. The Kier molecular flexibility index (Phi) is 3.90. The van der Waals surface area contributed by atoms with Crippen LogP contribution in [-0.4, -0.2) is 21.5 Å². The van der Waals surface area contributed by atoms with Crippen molar-refractivity contribution in [2.45, 2.75) is 6.92 Å². The van der Waals surface area contributed by atoms with Crippen molar-refractivity contribution < 1.29 is 14.3 Å². The summed E-state index contributed by atoms with van der Waals surface area (Å²) in [5, 5.41) is 0. The molecule has 0 aliphatic rings. The van der Waals surface area contributed by atoms with Gasteiger partial charge < -0.3 is 4.74 Å². The number of nitrogens with zero attached hydrogens (tertiary/aromatic N) is 2. The van der Waals surface area contributed by atoms with Crippen molar-refractivity contribution in [2.24, 2.45) is 0 Å². The summed E-state index contributed by atoms with van der Waals surface area (Å²) in [7, 11) is 0. The lowest BCUT2D eigenvalue weighted by Crippen LogP contribution is -2.32. The standard InChI is InChI=1S/C13H11N3O4/c1-9(17)20-11-4-5-12(18)16(8-11)15-13(19)10-3-2-6-14-7-10/h2-8H,1H3,(H,15,19). The Labute approximate surface area is 113 Å². The van der Waals surface area contributed by atoms with E-state index in [4.69, 9.17) is 4.74 Å². The summed E-state index contributed by atoms with van der Waals surface area (Å²) in [5.74, 6) is -0.863. The maximum Gasteiger partial charge on any atom is 0.308 e. The van der Waals surface area contributed by atoms with Gasteiger partial charge in [0.05, 0.1) is 11.8 Å². The Balaban J connectivity index is 2.22. The van der Waals surface area contributed by atoms with Gasteiger partial charge in [0.2, 0.25) is 0 Å². The van der Waals surface area contributed by atoms with Crippen LogP contribution in [0.2, 0.25) is 0 Å². The molecule has 0 atom stereocenters. The monoisotopic (exact) mass is 273 g/mol. The molecule has 7 nitrogen and oxygen atoms in total. The fourth-order valence-corrected chi connectivity index (χ4v) is 1.45. The smallest absolute Gasteiger partial charge is 0.308 e. The zero-order valence-electron chi connectivity index (χ0n) is 10.6. The molecule has 7 heteroatoms. The number of hydrogen-bond donors (Lipinski definition) is 1. The molecule has 2 aromatic rings. The van der Waals surface area contributed by atoms with Crippen LogP contribution in [0.3, 0.4) is 0 Å². The molecule has 0 fully saturated rings. The van der Waals surface area contributed by atoms with Crippen molar-refractivity contribution in [1.82, 2.24) is 9.66 Å². The van der Waals surface area contributed by atoms with E-state index in [1.807, 2.05) is 0 Å². The third-order valence-corrected chi connectivity index (χ3v) is 2.29. The number of aromatic nitrogens is 2. The fourth-order valence-electron chi connectivity index (χ4n) is 1.45. The first kappa shape index (κ1) is 13.5. The van der Waals surface area contributed by atoms with Crippen molar-refractivity contribution in [1.29, 1.82) is 0 Å². The van der Waals surface area contributed by atoms with Gasteiger partial charge in [-0.2, -0.15) is 0 Å². The molecule has 0 radical (unpaired) electrons. The van der Waals surface area contributed by atoms with Crippen LogP contribution in [0.5, 0.6) is 5.75 Å². The molecule has 0 unspecified atom stereocenters. The number of amides is 1. The van der Waals surface area contributed by atoms with E-state index in [9.17, 15) is 14.4 Å². The van der Waals surface area contributed by atoms with Crippen molar-refractivity contribution in [3.05, 3.63) is 58.8 Å². The van der Waals surface area contributed by atoms with E-state index in [0.29, 0.717) is 5.56 Å². The van der Waals surface area contributed by atoms with Crippen LogP contribution in [0, 0.1) is 0 Å². The number of carbonyl (C=O) groups is 2. The first-order valence-electron chi connectivity index (χ1n) is 5.69. The van der Waals surface area contributed by atoms with Crippen LogP contribution in [0.25, 0.3) is 0 Å². The molecule has 102 valence electrons. The van der Waals surface area contributed by atoms with E-state index >= 15 is 0 Å². The molecule has 0 aliphatic carbocycles. The Morgan fingerprint density at radius 1 is 1.30 bits per heavy atom. The fraction of sp³-hybridized carbons (Fsp3) is 0.0769. The van der Waals surface area contributed by atoms with Crippen LogP contribution >= 0.6 is 0 Å². The molecule has 0 aliphatic heterocycles. The molecule has 20 heavy (non-hydrogen) atoms. The lowest BCUT2D eigenvalue weighted by atomic mass is 10.3. The highest BCUT2D eigenvalue weighted by Crippen LogP contribution is 2.06. The highest BCUT2D eigenvalue weighted by atomic mass is 16.5. The molecule has 2 rings (SSSR count). The van der Waals surface area contributed by atoms with Crippen LogP contribution < -0.4 is 15.7 Å². The van der Waals surface area contributed by atoms with Crippen molar-refractivity contribution >= 4 is 11.9 Å². The molecule has 0 spiro atoms. The second-order valence-electron chi connectivity index (χ2n) is 3.85. The number of hydrogen-bond acceptors (Lipinski definition) is 5. The zero-order chi connectivity index (χ0) is 14.5. The summed E-state index contributed by atoms with van der Waals surface area (Å²) in [6.45, 7) is 1.24. The molecular weight excluding hydrogens is 262 g/mol. The Morgan fingerprint density at radius 2 is 2.10 bits per heavy atom. The van der Waals surface area contributed by atoms with Crippen LogP contribution in [0.15, 0.2) is 47.7 Å². The van der Waals surface area contributed by atoms with Gasteiger partial charge >= 0.3 is 5.97 Å². The van der Waals surface area contributed by atoms with Gasteiger partial charge in [-0.05, 0) is 18.2 Å². The molecule has 1 N–H and O–H groups in total. The molecule has 0 saturated carbocycles. The second-order valence-corrected chi connectivity index (χ2v) is 3.85. The molecular formula is C13H11N3O4. The maximum absolute atomic E-state index is 11.9. The van der Waals surface area contributed by atoms with Gasteiger partial charge in [0.25, 0.3) is 11.5 Å². The predicted molar refractivity (Wildman–Crippen MR) is 69.9 cm³/mol. The second kappa shape index (κ2) is 5.79. The van der Waals surface area contributed by atoms with E-state index < -0.39 is 17.4 Å². The van der Waals surface area contributed by atoms with E-state index in [0.717, 1.165) is 4.68 Å². The summed E-state index contributed by atoms with van der Waals surface area (Å²) < 4.78 is 5.77. The minimum Gasteiger partial charge on any atom is -0.425 e. The largest absolute Gasteiger partial charge is 0.425 e. The number of carbonyl (C=O) groups excluding carboxylic acids is 2. The summed E-state index contributed by atoms with van der Waals surface area (Å²) in [6.07, 6.45) is 4.12. The van der Waals surface area contributed by atoms with Crippen LogP contribution in [0.1, 0.15) is 17.3 Å². The highest BCUT2D eigenvalue weighted by Gasteiger charge is 2.08. The number of ether oxygens (including phenoxy) is 1. The third-order valence-electron chi connectivity index (χ3n) is 2.29. The van der Waals surface area contributed by atoms with Gasteiger partial charge in [-0.1, -0.05) is 0 Å². The molecule has 0 aromatic carbocycles. The van der Waals surface area contributed by atoms with Crippen LogP contribution in [0.4, 0.5) is 0 Å². The quantitative estimate of drug-likeness (QED) is 0.825.